The summed E-state index contributed by atoms with van der Waals surface area (Å²) < 4.78 is 0. The van der Waals surface area contributed by atoms with Gasteiger partial charge in [0.1, 0.15) is 0 Å². The van der Waals surface area contributed by atoms with Gasteiger partial charge in [-0.1, -0.05) is 6.08 Å². The second kappa shape index (κ2) is 2.63. The van der Waals surface area contributed by atoms with Gasteiger partial charge in [0.25, 0.3) is 0 Å². The van der Waals surface area contributed by atoms with Crippen LogP contribution in [0.5, 0.6) is 0 Å². The summed E-state index contributed by atoms with van der Waals surface area (Å²) >= 11 is 0. The molecule has 62 valence electrons. The van der Waals surface area contributed by atoms with Gasteiger partial charge in [0.05, 0.1) is 11.9 Å². The van der Waals surface area contributed by atoms with Gasteiger partial charge >= 0.3 is 0 Å². The second-order valence-electron chi connectivity index (χ2n) is 3.11. The molecule has 12 heavy (non-hydrogen) atoms. The van der Waals surface area contributed by atoms with Crippen LogP contribution in [0.25, 0.3) is 0 Å². The largest absolute Gasteiger partial charge is 0.347 e. The van der Waals surface area contributed by atoms with E-state index >= 15 is 0 Å². The minimum atomic E-state index is 1.04. The molecule has 1 aliphatic heterocycles. The van der Waals surface area contributed by atoms with Gasteiger partial charge < -0.3 is 4.90 Å². The summed E-state index contributed by atoms with van der Waals surface area (Å²) in [6, 6.07) is 2.08. The minimum Gasteiger partial charge on any atom is -0.347 e. The third kappa shape index (κ3) is 0.998. The number of hydrogen-bond donors (Lipinski definition) is 0. The molecule has 2 nitrogen and oxygen atoms in total. The lowest BCUT2D eigenvalue weighted by Gasteiger charge is -2.26. The van der Waals surface area contributed by atoms with Gasteiger partial charge in [-0.2, -0.15) is 0 Å². The van der Waals surface area contributed by atoms with Gasteiger partial charge in [-0.15, -0.1) is 0 Å². The number of allylic oxidation sites excluding steroid dienone is 2. The summed E-state index contributed by atoms with van der Waals surface area (Å²) in [6.45, 7) is 2.12. The molecule has 1 aromatic rings. The van der Waals surface area contributed by atoms with Crippen LogP contribution in [-0.2, 0) is 6.42 Å². The van der Waals surface area contributed by atoms with Crippen LogP contribution in [0.1, 0.15) is 12.5 Å². The van der Waals surface area contributed by atoms with Gasteiger partial charge in [-0.05, 0) is 25.0 Å². The second-order valence-corrected chi connectivity index (χ2v) is 3.11. The number of anilines is 1. The highest BCUT2D eigenvalue weighted by atomic mass is 15.1. The Bertz CT molecular complexity index is 328. The maximum absolute atomic E-state index is 4.11. The van der Waals surface area contributed by atoms with Crippen LogP contribution in [0.15, 0.2) is 30.2 Å². The fraction of sp³-hybridized carbons (Fsp3) is 0.300. The zero-order valence-corrected chi connectivity index (χ0v) is 7.41. The number of aromatic nitrogens is 1. The molecule has 2 rings (SSSR count). The monoisotopic (exact) mass is 160 g/mol. The number of rotatable bonds is 0. The van der Waals surface area contributed by atoms with Crippen molar-refractivity contribution in [1.82, 2.24) is 4.98 Å². The molecule has 0 bridgehead atoms. The standard InChI is InChI=1S/C10H12N2/c1-8-3-4-9-5-6-11-7-10(9)12(8)2/h3,5-7H,4H2,1-2H3. The Morgan fingerprint density at radius 2 is 2.33 bits per heavy atom. The molecule has 0 N–H and O–H groups in total. The summed E-state index contributed by atoms with van der Waals surface area (Å²) in [5.41, 5.74) is 3.89. The molecule has 0 atom stereocenters. The first-order valence-electron chi connectivity index (χ1n) is 4.12. The molecule has 2 heteroatoms. The highest BCUT2D eigenvalue weighted by Crippen LogP contribution is 2.26. The van der Waals surface area contributed by atoms with Crippen LogP contribution in [0, 0.1) is 0 Å². The first kappa shape index (κ1) is 7.35. The molecule has 1 aliphatic rings. The van der Waals surface area contributed by atoms with Crippen molar-refractivity contribution in [1.29, 1.82) is 0 Å². The molecular weight excluding hydrogens is 148 g/mol. The molecule has 0 aliphatic carbocycles. The third-order valence-electron chi connectivity index (χ3n) is 2.40. The van der Waals surface area contributed by atoms with Crippen LogP contribution in [0.4, 0.5) is 5.69 Å². The summed E-state index contributed by atoms with van der Waals surface area (Å²) in [6.07, 6.45) is 7.04. The van der Waals surface area contributed by atoms with Crippen LogP contribution in [0.3, 0.4) is 0 Å². The minimum absolute atomic E-state index is 1.04. The van der Waals surface area contributed by atoms with Crippen molar-refractivity contribution in [3.8, 4) is 0 Å². The van der Waals surface area contributed by atoms with E-state index in [0.29, 0.717) is 0 Å². The van der Waals surface area contributed by atoms with Gasteiger partial charge in [0.2, 0.25) is 0 Å². The van der Waals surface area contributed by atoms with E-state index in [0.717, 1.165) is 6.42 Å². The van der Waals surface area contributed by atoms with Crippen molar-refractivity contribution in [3.63, 3.8) is 0 Å². The van der Waals surface area contributed by atoms with Crippen LogP contribution >= 0.6 is 0 Å². The first-order valence-corrected chi connectivity index (χ1v) is 4.12. The quantitative estimate of drug-likeness (QED) is 0.577. The normalized spacial score (nSPS) is 15.5. The van der Waals surface area contributed by atoms with Gasteiger partial charge in [-0.3, -0.25) is 4.98 Å². The molecule has 0 saturated carbocycles. The zero-order valence-electron chi connectivity index (χ0n) is 7.41. The lowest BCUT2D eigenvalue weighted by molar-refractivity contribution is 0.994. The molecule has 0 aromatic carbocycles. The molecule has 2 heterocycles. The molecule has 0 fully saturated rings. The van der Waals surface area contributed by atoms with E-state index in [1.54, 1.807) is 0 Å². The van der Waals surface area contributed by atoms with Crippen molar-refractivity contribution in [2.24, 2.45) is 0 Å². The molecule has 0 radical (unpaired) electrons. The first-order chi connectivity index (χ1) is 5.79. The van der Waals surface area contributed by atoms with Crippen molar-refractivity contribution in [3.05, 3.63) is 35.8 Å². The van der Waals surface area contributed by atoms with E-state index in [-0.39, 0.29) is 0 Å². The van der Waals surface area contributed by atoms with Crippen molar-refractivity contribution < 1.29 is 0 Å². The van der Waals surface area contributed by atoms with E-state index in [1.165, 1.54) is 16.9 Å². The predicted octanol–water partition coefficient (Wildman–Crippen LogP) is 1.98. The van der Waals surface area contributed by atoms with E-state index < -0.39 is 0 Å². The molecule has 0 spiro atoms. The number of fused-ring (bicyclic) bond motifs is 1. The summed E-state index contributed by atoms with van der Waals surface area (Å²) in [5.74, 6) is 0. The van der Waals surface area contributed by atoms with Crippen molar-refractivity contribution in [2.75, 3.05) is 11.9 Å². The molecule has 0 unspecified atom stereocenters. The summed E-state index contributed by atoms with van der Waals surface area (Å²) in [7, 11) is 2.07. The Kier molecular flexibility index (Phi) is 1.61. The van der Waals surface area contributed by atoms with Crippen LogP contribution < -0.4 is 4.90 Å². The zero-order chi connectivity index (χ0) is 8.55. The maximum Gasteiger partial charge on any atom is 0.0627 e. The molecule has 0 amide bonds. The van der Waals surface area contributed by atoms with Crippen molar-refractivity contribution in [2.45, 2.75) is 13.3 Å². The van der Waals surface area contributed by atoms with Crippen molar-refractivity contribution >= 4 is 5.69 Å². The number of hydrogen-bond acceptors (Lipinski definition) is 2. The third-order valence-corrected chi connectivity index (χ3v) is 2.40. The Hall–Kier alpha value is -1.31. The average Bonchev–Trinajstić information content (AvgIpc) is 2.12. The Labute approximate surface area is 72.5 Å². The highest BCUT2D eigenvalue weighted by Gasteiger charge is 2.12. The van der Waals surface area contributed by atoms with Crippen LogP contribution in [-0.4, -0.2) is 12.0 Å². The van der Waals surface area contributed by atoms with Gasteiger partial charge in [0, 0.05) is 18.9 Å². The predicted molar refractivity (Wildman–Crippen MR) is 50.1 cm³/mol. The average molecular weight is 160 g/mol. The van der Waals surface area contributed by atoms with Gasteiger partial charge in [0.15, 0.2) is 0 Å². The SMILES string of the molecule is CC1=CCc2ccncc2N1C. The Morgan fingerprint density at radius 1 is 1.50 bits per heavy atom. The highest BCUT2D eigenvalue weighted by molar-refractivity contribution is 5.58. The Morgan fingerprint density at radius 3 is 3.17 bits per heavy atom. The maximum atomic E-state index is 4.11. The Balaban J connectivity index is 2.49. The van der Waals surface area contributed by atoms with E-state index in [9.17, 15) is 0 Å². The number of pyridine rings is 1. The molecule has 0 saturated heterocycles. The summed E-state index contributed by atoms with van der Waals surface area (Å²) in [5, 5.41) is 0. The molecule has 1 aromatic heterocycles. The van der Waals surface area contributed by atoms with E-state index in [4.69, 9.17) is 0 Å². The fourth-order valence-corrected chi connectivity index (χ4v) is 1.47. The van der Waals surface area contributed by atoms with E-state index in [2.05, 4.69) is 36.0 Å². The lowest BCUT2D eigenvalue weighted by atomic mass is 10.1. The number of nitrogens with zero attached hydrogens (tertiary/aromatic N) is 2. The summed E-state index contributed by atoms with van der Waals surface area (Å²) in [4.78, 5) is 6.29. The topological polar surface area (TPSA) is 16.1 Å². The smallest absolute Gasteiger partial charge is 0.0627 e. The van der Waals surface area contributed by atoms with Gasteiger partial charge in [-0.25, -0.2) is 0 Å². The lowest BCUT2D eigenvalue weighted by Crippen LogP contribution is -2.19. The molecular formula is C10H12N2. The fourth-order valence-electron chi connectivity index (χ4n) is 1.47. The van der Waals surface area contributed by atoms with Crippen LogP contribution in [0.2, 0.25) is 0 Å². The van der Waals surface area contributed by atoms with E-state index in [1.807, 2.05) is 12.4 Å².